The molecule has 1 N–H and O–H groups in total. The monoisotopic (exact) mass is 385 g/mol. The highest BCUT2D eigenvalue weighted by Crippen LogP contribution is 2.31. The molecular formula is C22H18F3NO2. The lowest BCUT2D eigenvalue weighted by atomic mass is 10.1. The van der Waals surface area contributed by atoms with Crippen molar-refractivity contribution >= 4 is 11.6 Å². The number of nitrogens with one attached hydrogen (secondary N) is 1. The third kappa shape index (κ3) is 5.13. The van der Waals surface area contributed by atoms with E-state index in [1.807, 2.05) is 30.3 Å². The molecule has 0 spiro atoms. The quantitative estimate of drug-likeness (QED) is 0.602. The molecule has 1 amide bonds. The third-order valence-electron chi connectivity index (χ3n) is 4.07. The normalized spacial score (nSPS) is 11.1. The fourth-order valence-electron chi connectivity index (χ4n) is 2.68. The van der Waals surface area contributed by atoms with Gasteiger partial charge in [0.15, 0.2) is 0 Å². The van der Waals surface area contributed by atoms with E-state index in [1.165, 1.54) is 12.1 Å². The summed E-state index contributed by atoms with van der Waals surface area (Å²) in [5.41, 5.74) is 0.609. The number of benzene rings is 3. The summed E-state index contributed by atoms with van der Waals surface area (Å²) in [7, 11) is 0. The average molecular weight is 385 g/mol. The van der Waals surface area contributed by atoms with Crippen LogP contribution in [0.4, 0.5) is 18.9 Å². The summed E-state index contributed by atoms with van der Waals surface area (Å²) in [5.74, 6) is -0.155. The first-order valence-corrected chi connectivity index (χ1v) is 8.68. The van der Waals surface area contributed by atoms with E-state index in [0.29, 0.717) is 18.8 Å². The zero-order valence-electron chi connectivity index (χ0n) is 14.9. The van der Waals surface area contributed by atoms with Gasteiger partial charge in [0.05, 0.1) is 17.7 Å². The van der Waals surface area contributed by atoms with Crippen LogP contribution in [-0.2, 0) is 12.6 Å². The van der Waals surface area contributed by atoms with E-state index in [-0.39, 0.29) is 11.3 Å². The molecule has 0 fully saturated rings. The van der Waals surface area contributed by atoms with E-state index in [9.17, 15) is 18.0 Å². The Hall–Kier alpha value is -3.28. The maximum atomic E-state index is 12.8. The Balaban J connectivity index is 1.69. The van der Waals surface area contributed by atoms with Gasteiger partial charge in [-0.15, -0.1) is 0 Å². The first-order chi connectivity index (χ1) is 13.4. The standard InChI is InChI=1S/C22H18F3NO2/c23-22(24,25)17-9-6-10-18(15-17)26-21(27)19-11-4-5-12-20(19)28-14-13-16-7-2-1-3-8-16/h1-12,15H,13-14H2,(H,26,27). The molecule has 144 valence electrons. The second kappa shape index (κ2) is 8.61. The van der Waals surface area contributed by atoms with Gasteiger partial charge in [0.1, 0.15) is 5.75 Å². The smallest absolute Gasteiger partial charge is 0.416 e. The third-order valence-corrected chi connectivity index (χ3v) is 4.07. The Kier molecular flexibility index (Phi) is 5.99. The predicted molar refractivity (Wildman–Crippen MR) is 101 cm³/mol. The molecule has 0 aromatic heterocycles. The van der Waals surface area contributed by atoms with Crippen LogP contribution in [0.5, 0.6) is 5.75 Å². The Bertz CT molecular complexity index is 940. The number of anilines is 1. The molecule has 0 atom stereocenters. The molecule has 0 radical (unpaired) electrons. The number of para-hydroxylation sites is 1. The molecule has 28 heavy (non-hydrogen) atoms. The van der Waals surface area contributed by atoms with Gasteiger partial charge < -0.3 is 10.1 Å². The number of amides is 1. The van der Waals surface area contributed by atoms with Crippen molar-refractivity contribution in [3.8, 4) is 5.75 Å². The fraction of sp³-hybridized carbons (Fsp3) is 0.136. The zero-order valence-corrected chi connectivity index (χ0v) is 14.9. The van der Waals surface area contributed by atoms with E-state index in [4.69, 9.17) is 4.74 Å². The van der Waals surface area contributed by atoms with E-state index in [2.05, 4.69) is 5.32 Å². The Morgan fingerprint density at radius 3 is 2.36 bits per heavy atom. The summed E-state index contributed by atoms with van der Waals surface area (Å²) in [6.45, 7) is 0.373. The average Bonchev–Trinajstić information content (AvgIpc) is 2.69. The van der Waals surface area contributed by atoms with Crippen LogP contribution in [0.15, 0.2) is 78.9 Å². The largest absolute Gasteiger partial charge is 0.492 e. The summed E-state index contributed by atoms with van der Waals surface area (Å²) in [4.78, 5) is 12.6. The van der Waals surface area contributed by atoms with E-state index in [0.717, 1.165) is 17.7 Å². The molecule has 0 heterocycles. The van der Waals surface area contributed by atoms with Gasteiger partial charge in [-0.25, -0.2) is 0 Å². The minimum atomic E-state index is -4.47. The van der Waals surface area contributed by atoms with E-state index >= 15 is 0 Å². The lowest BCUT2D eigenvalue weighted by Crippen LogP contribution is -2.15. The van der Waals surface area contributed by atoms with Crippen molar-refractivity contribution in [2.45, 2.75) is 12.6 Å². The van der Waals surface area contributed by atoms with Crippen LogP contribution in [0, 0.1) is 0 Å². The minimum Gasteiger partial charge on any atom is -0.492 e. The van der Waals surface area contributed by atoms with Gasteiger partial charge in [-0.1, -0.05) is 48.5 Å². The highest BCUT2D eigenvalue weighted by Gasteiger charge is 2.30. The lowest BCUT2D eigenvalue weighted by molar-refractivity contribution is -0.137. The highest BCUT2D eigenvalue weighted by molar-refractivity contribution is 6.06. The van der Waals surface area contributed by atoms with Crippen molar-refractivity contribution in [2.75, 3.05) is 11.9 Å². The van der Waals surface area contributed by atoms with Gasteiger partial charge in [-0.2, -0.15) is 13.2 Å². The summed E-state index contributed by atoms with van der Waals surface area (Å²) < 4.78 is 44.3. The maximum absolute atomic E-state index is 12.8. The van der Waals surface area contributed by atoms with Crippen LogP contribution >= 0.6 is 0 Å². The molecule has 0 unspecified atom stereocenters. The molecule has 0 aliphatic carbocycles. The molecular weight excluding hydrogens is 367 g/mol. The first-order valence-electron chi connectivity index (χ1n) is 8.68. The first kappa shape index (κ1) is 19.5. The van der Waals surface area contributed by atoms with Gasteiger partial charge in [0.25, 0.3) is 5.91 Å². The molecule has 0 saturated heterocycles. The van der Waals surface area contributed by atoms with E-state index in [1.54, 1.807) is 24.3 Å². The zero-order chi connectivity index (χ0) is 20.0. The Morgan fingerprint density at radius 2 is 1.61 bits per heavy atom. The van der Waals surface area contributed by atoms with Crippen LogP contribution in [0.3, 0.4) is 0 Å². The number of carbonyl (C=O) groups excluding carboxylic acids is 1. The predicted octanol–water partition coefficient (Wildman–Crippen LogP) is 5.58. The van der Waals surface area contributed by atoms with Crippen molar-refractivity contribution in [1.29, 1.82) is 0 Å². The molecule has 3 nitrogen and oxygen atoms in total. The maximum Gasteiger partial charge on any atom is 0.416 e. The molecule has 0 saturated carbocycles. The van der Waals surface area contributed by atoms with Crippen molar-refractivity contribution in [3.63, 3.8) is 0 Å². The molecule has 0 bridgehead atoms. The number of alkyl halides is 3. The number of hydrogen-bond acceptors (Lipinski definition) is 2. The van der Waals surface area contributed by atoms with Crippen LogP contribution < -0.4 is 10.1 Å². The molecule has 0 aliphatic rings. The van der Waals surface area contributed by atoms with Gasteiger partial charge in [0.2, 0.25) is 0 Å². The summed E-state index contributed by atoms with van der Waals surface area (Å²) in [5, 5.41) is 2.50. The summed E-state index contributed by atoms with van der Waals surface area (Å²) in [6, 6.07) is 20.9. The lowest BCUT2D eigenvalue weighted by Gasteiger charge is -2.13. The van der Waals surface area contributed by atoms with Gasteiger partial charge in [0, 0.05) is 12.1 Å². The number of halogens is 3. The molecule has 3 aromatic carbocycles. The number of rotatable bonds is 6. The highest BCUT2D eigenvalue weighted by atomic mass is 19.4. The minimum absolute atomic E-state index is 0.0684. The Morgan fingerprint density at radius 1 is 0.893 bits per heavy atom. The van der Waals surface area contributed by atoms with Crippen molar-refractivity contribution in [3.05, 3.63) is 95.6 Å². The van der Waals surface area contributed by atoms with Crippen molar-refractivity contribution in [1.82, 2.24) is 0 Å². The van der Waals surface area contributed by atoms with Crippen LogP contribution in [-0.4, -0.2) is 12.5 Å². The number of carbonyl (C=O) groups is 1. The van der Waals surface area contributed by atoms with E-state index < -0.39 is 17.6 Å². The van der Waals surface area contributed by atoms with Gasteiger partial charge in [-0.3, -0.25) is 4.79 Å². The SMILES string of the molecule is O=C(Nc1cccc(C(F)(F)F)c1)c1ccccc1OCCc1ccccc1. The molecule has 0 aliphatic heterocycles. The molecule has 3 rings (SSSR count). The number of ether oxygens (including phenoxy) is 1. The second-order valence-electron chi connectivity index (χ2n) is 6.11. The molecule has 3 aromatic rings. The van der Waals surface area contributed by atoms with Gasteiger partial charge in [-0.05, 0) is 35.9 Å². The Labute approximate surface area is 160 Å². The van der Waals surface area contributed by atoms with Crippen LogP contribution in [0.25, 0.3) is 0 Å². The van der Waals surface area contributed by atoms with Crippen molar-refractivity contribution < 1.29 is 22.7 Å². The second-order valence-corrected chi connectivity index (χ2v) is 6.11. The van der Waals surface area contributed by atoms with Crippen LogP contribution in [0.2, 0.25) is 0 Å². The molecule has 6 heteroatoms. The van der Waals surface area contributed by atoms with Crippen LogP contribution in [0.1, 0.15) is 21.5 Å². The summed E-state index contributed by atoms with van der Waals surface area (Å²) >= 11 is 0. The van der Waals surface area contributed by atoms with Crippen molar-refractivity contribution in [2.24, 2.45) is 0 Å². The number of hydrogen-bond donors (Lipinski definition) is 1. The fourth-order valence-corrected chi connectivity index (χ4v) is 2.68. The summed E-state index contributed by atoms with van der Waals surface area (Å²) in [6.07, 6.45) is -3.80. The van der Waals surface area contributed by atoms with Gasteiger partial charge >= 0.3 is 6.18 Å². The topological polar surface area (TPSA) is 38.3 Å².